The van der Waals surface area contributed by atoms with Crippen LogP contribution in [0.3, 0.4) is 0 Å². The number of thiophene rings is 1. The normalized spacial score (nSPS) is 15.5. The fourth-order valence-electron chi connectivity index (χ4n) is 0.715. The largest absolute Gasteiger partial charge is 0.309 e. The Morgan fingerprint density at radius 3 is 2.82 bits per heavy atom. The van der Waals surface area contributed by atoms with Crippen molar-refractivity contribution in [3.8, 4) is 6.07 Å². The summed E-state index contributed by atoms with van der Waals surface area (Å²) < 4.78 is 0.911. The maximum atomic E-state index is 8.70. The van der Waals surface area contributed by atoms with Gasteiger partial charge in [0.25, 0.3) is 0 Å². The monoisotopic (exact) mass is 230 g/mol. The minimum Gasteiger partial charge on any atom is -0.309 e. The van der Waals surface area contributed by atoms with E-state index in [0.717, 1.165) is 9.35 Å². The van der Waals surface area contributed by atoms with Crippen molar-refractivity contribution in [2.45, 2.75) is 12.5 Å². The molecule has 0 aliphatic rings. The lowest BCUT2D eigenvalue weighted by Crippen LogP contribution is -2.29. The summed E-state index contributed by atoms with van der Waals surface area (Å²) in [5.41, 5.74) is 4.83. The first-order valence-corrected chi connectivity index (χ1v) is 4.69. The summed E-state index contributed by atoms with van der Waals surface area (Å²) in [6.07, 6.45) is 0. The molecule has 0 saturated heterocycles. The maximum Gasteiger partial charge on any atom is 0.137 e. The molecule has 0 aromatic carbocycles. The first-order chi connectivity index (χ1) is 5.08. The van der Waals surface area contributed by atoms with E-state index in [0.29, 0.717) is 0 Å². The van der Waals surface area contributed by atoms with Crippen molar-refractivity contribution in [3.05, 3.63) is 20.8 Å². The Bertz CT molecular complexity index is 298. The summed E-state index contributed by atoms with van der Waals surface area (Å²) in [5.74, 6) is 0. The van der Waals surface area contributed by atoms with E-state index in [-0.39, 0.29) is 0 Å². The molecule has 1 aromatic rings. The van der Waals surface area contributed by atoms with E-state index in [4.69, 9.17) is 11.0 Å². The Balaban J connectivity index is 3.13. The second-order valence-electron chi connectivity index (χ2n) is 2.41. The highest BCUT2D eigenvalue weighted by molar-refractivity contribution is 9.10. The highest BCUT2D eigenvalue weighted by Crippen LogP contribution is 2.30. The summed E-state index contributed by atoms with van der Waals surface area (Å²) in [6, 6.07) is 3.93. The van der Waals surface area contributed by atoms with Gasteiger partial charge in [-0.15, -0.1) is 11.3 Å². The van der Waals surface area contributed by atoms with E-state index in [1.165, 1.54) is 11.3 Å². The number of hydrogen-bond acceptors (Lipinski definition) is 3. The van der Waals surface area contributed by atoms with Crippen molar-refractivity contribution < 1.29 is 0 Å². The predicted octanol–water partition coefficient (Wildman–Crippen LogP) is 2.21. The van der Waals surface area contributed by atoms with Crippen LogP contribution < -0.4 is 5.73 Å². The SMILES string of the molecule is C[C@](N)(C#N)c1sccc1Br. The molecule has 0 fully saturated rings. The molecule has 0 spiro atoms. The van der Waals surface area contributed by atoms with Crippen molar-refractivity contribution >= 4 is 27.3 Å². The van der Waals surface area contributed by atoms with Gasteiger partial charge < -0.3 is 5.73 Å². The Kier molecular flexibility index (Phi) is 2.33. The highest BCUT2D eigenvalue weighted by Gasteiger charge is 2.24. The van der Waals surface area contributed by atoms with Crippen molar-refractivity contribution in [2.24, 2.45) is 5.73 Å². The lowest BCUT2D eigenvalue weighted by molar-refractivity contribution is 0.658. The van der Waals surface area contributed by atoms with Gasteiger partial charge in [0.2, 0.25) is 0 Å². The van der Waals surface area contributed by atoms with Crippen molar-refractivity contribution in [2.75, 3.05) is 0 Å². The van der Waals surface area contributed by atoms with Gasteiger partial charge in [0, 0.05) is 4.47 Å². The molecule has 1 rings (SSSR count). The number of hydrogen-bond donors (Lipinski definition) is 1. The second kappa shape index (κ2) is 2.94. The van der Waals surface area contributed by atoms with Crippen LogP contribution in [-0.2, 0) is 5.54 Å². The van der Waals surface area contributed by atoms with E-state index in [1.54, 1.807) is 6.92 Å². The molecule has 0 aliphatic carbocycles. The van der Waals surface area contributed by atoms with Crippen molar-refractivity contribution in [1.29, 1.82) is 5.26 Å². The molecule has 4 heteroatoms. The van der Waals surface area contributed by atoms with Gasteiger partial charge in [0.15, 0.2) is 0 Å². The van der Waals surface area contributed by atoms with Gasteiger partial charge in [0.05, 0.1) is 10.9 Å². The standard InChI is InChI=1S/C7H7BrN2S/c1-7(10,4-9)6-5(8)2-3-11-6/h2-3H,10H2,1H3/t7-/m0/s1. The smallest absolute Gasteiger partial charge is 0.137 e. The summed E-state index contributed by atoms with van der Waals surface area (Å²) in [6.45, 7) is 1.70. The van der Waals surface area contributed by atoms with Gasteiger partial charge in [-0.1, -0.05) is 0 Å². The zero-order chi connectivity index (χ0) is 8.48. The van der Waals surface area contributed by atoms with E-state index in [2.05, 4.69) is 15.9 Å². The van der Waals surface area contributed by atoms with Crippen LogP contribution >= 0.6 is 27.3 Å². The van der Waals surface area contributed by atoms with E-state index >= 15 is 0 Å². The van der Waals surface area contributed by atoms with Gasteiger partial charge in [-0.2, -0.15) is 5.26 Å². The lowest BCUT2D eigenvalue weighted by atomic mass is 10.1. The molecular formula is C7H7BrN2S. The topological polar surface area (TPSA) is 49.8 Å². The highest BCUT2D eigenvalue weighted by atomic mass is 79.9. The molecule has 2 nitrogen and oxygen atoms in total. The molecule has 0 aliphatic heterocycles. The zero-order valence-electron chi connectivity index (χ0n) is 5.97. The van der Waals surface area contributed by atoms with E-state index in [9.17, 15) is 0 Å². The second-order valence-corrected chi connectivity index (χ2v) is 4.18. The molecule has 1 heterocycles. The number of halogens is 1. The van der Waals surface area contributed by atoms with E-state index < -0.39 is 5.54 Å². The van der Waals surface area contributed by atoms with Gasteiger partial charge in [-0.25, -0.2) is 0 Å². The summed E-state index contributed by atoms with van der Waals surface area (Å²) in [4.78, 5) is 0.875. The molecule has 0 saturated carbocycles. The predicted molar refractivity (Wildman–Crippen MR) is 49.2 cm³/mol. The number of nitrogens with zero attached hydrogens (tertiary/aromatic N) is 1. The molecular weight excluding hydrogens is 224 g/mol. The maximum absolute atomic E-state index is 8.70. The molecule has 0 unspecified atom stereocenters. The minimum absolute atomic E-state index is 0.868. The molecule has 1 atom stereocenters. The number of nitriles is 1. The van der Waals surface area contributed by atoms with Crippen LogP contribution in [0.4, 0.5) is 0 Å². The lowest BCUT2D eigenvalue weighted by Gasteiger charge is -2.13. The van der Waals surface area contributed by atoms with Crippen LogP contribution in [0, 0.1) is 11.3 Å². The molecule has 11 heavy (non-hydrogen) atoms. The van der Waals surface area contributed by atoms with Crippen molar-refractivity contribution in [3.63, 3.8) is 0 Å². The van der Waals surface area contributed by atoms with Crippen LogP contribution in [-0.4, -0.2) is 0 Å². The van der Waals surface area contributed by atoms with Crippen molar-refractivity contribution in [1.82, 2.24) is 0 Å². The first-order valence-electron chi connectivity index (χ1n) is 3.01. The third-order valence-electron chi connectivity index (χ3n) is 1.32. The quantitative estimate of drug-likeness (QED) is 0.805. The van der Waals surface area contributed by atoms with Gasteiger partial charge in [-0.3, -0.25) is 0 Å². The van der Waals surface area contributed by atoms with Crippen LogP contribution in [0.25, 0.3) is 0 Å². The average Bonchev–Trinajstić information content (AvgIpc) is 2.36. The average molecular weight is 231 g/mol. The summed E-state index contributed by atoms with van der Waals surface area (Å²) in [7, 11) is 0. The zero-order valence-corrected chi connectivity index (χ0v) is 8.37. The third-order valence-corrected chi connectivity index (χ3v) is 3.40. The fourth-order valence-corrected chi connectivity index (χ4v) is 2.53. The summed E-state index contributed by atoms with van der Waals surface area (Å²) >= 11 is 4.81. The Labute approximate surface area is 77.8 Å². The van der Waals surface area contributed by atoms with Crippen LogP contribution in [0.1, 0.15) is 11.8 Å². The molecule has 58 valence electrons. The molecule has 0 bridgehead atoms. The molecule has 0 amide bonds. The van der Waals surface area contributed by atoms with Gasteiger partial charge >= 0.3 is 0 Å². The van der Waals surface area contributed by atoms with Gasteiger partial charge in [-0.05, 0) is 34.3 Å². The van der Waals surface area contributed by atoms with Crippen LogP contribution in [0.2, 0.25) is 0 Å². The first kappa shape index (κ1) is 8.72. The van der Waals surface area contributed by atoms with Crippen LogP contribution in [0.5, 0.6) is 0 Å². The fraction of sp³-hybridized carbons (Fsp3) is 0.286. The molecule has 2 N–H and O–H groups in total. The Hall–Kier alpha value is -0.370. The Morgan fingerprint density at radius 2 is 2.45 bits per heavy atom. The van der Waals surface area contributed by atoms with Gasteiger partial charge in [0.1, 0.15) is 5.54 Å². The third kappa shape index (κ3) is 1.62. The Morgan fingerprint density at radius 1 is 1.82 bits per heavy atom. The van der Waals surface area contributed by atoms with Crippen LogP contribution in [0.15, 0.2) is 15.9 Å². The summed E-state index contributed by atoms with van der Waals surface area (Å²) in [5, 5.41) is 10.6. The number of nitrogens with two attached hydrogens (primary N) is 1. The number of rotatable bonds is 1. The minimum atomic E-state index is -0.868. The van der Waals surface area contributed by atoms with E-state index in [1.807, 2.05) is 17.5 Å². The molecule has 1 aromatic heterocycles. The molecule has 0 radical (unpaired) electrons.